The molecule has 0 spiro atoms. The number of aliphatic carboxylic acids is 1. The van der Waals surface area contributed by atoms with Crippen LogP contribution < -0.4 is 0 Å². The van der Waals surface area contributed by atoms with Crippen LogP contribution in [-0.2, 0) is 14.3 Å². The second kappa shape index (κ2) is 4.78. The van der Waals surface area contributed by atoms with Gasteiger partial charge in [-0.1, -0.05) is 0 Å². The fourth-order valence-electron chi connectivity index (χ4n) is 4.60. The van der Waals surface area contributed by atoms with E-state index in [-0.39, 0.29) is 30.6 Å². The van der Waals surface area contributed by atoms with Gasteiger partial charge in [0.1, 0.15) is 5.60 Å². The molecular formula is C14H14F6O4. The van der Waals surface area contributed by atoms with Crippen molar-refractivity contribution >= 4 is 11.9 Å². The van der Waals surface area contributed by atoms with Gasteiger partial charge in [-0.3, -0.25) is 0 Å². The summed E-state index contributed by atoms with van der Waals surface area (Å²) in [7, 11) is 0. The van der Waals surface area contributed by atoms with Crippen LogP contribution in [0, 0.1) is 17.8 Å². The monoisotopic (exact) mass is 360 g/mol. The van der Waals surface area contributed by atoms with E-state index in [4.69, 9.17) is 5.11 Å². The number of rotatable bonds is 5. The normalized spacial score (nSPS) is 35.3. The quantitative estimate of drug-likeness (QED) is 0.605. The molecule has 0 aliphatic heterocycles. The maximum Gasteiger partial charge on any atom is 0.411 e. The summed E-state index contributed by atoms with van der Waals surface area (Å²) in [5, 5.41) is 8.08. The van der Waals surface area contributed by atoms with E-state index in [1.165, 1.54) is 0 Å². The Labute approximate surface area is 132 Å². The Morgan fingerprint density at radius 1 is 0.917 bits per heavy atom. The maximum atomic E-state index is 13.7. The number of hydrogen-bond donors (Lipinski definition) is 1. The second-order valence-electron chi connectivity index (χ2n) is 7.03. The summed E-state index contributed by atoms with van der Waals surface area (Å²) in [6, 6.07) is 0. The molecule has 4 rings (SSSR count). The van der Waals surface area contributed by atoms with Gasteiger partial charge in [0.15, 0.2) is 0 Å². The molecule has 136 valence electrons. The van der Waals surface area contributed by atoms with Crippen LogP contribution in [-0.4, -0.2) is 40.4 Å². The number of esters is 1. The first-order chi connectivity index (χ1) is 10.8. The molecule has 4 saturated carbocycles. The third-order valence-corrected chi connectivity index (χ3v) is 5.52. The summed E-state index contributed by atoms with van der Waals surface area (Å²) in [6.07, 6.45) is 2.58. The first-order valence-electron chi connectivity index (χ1n) is 7.44. The lowest BCUT2D eigenvalue weighted by Gasteiger charge is -2.35. The molecule has 0 amide bonds. The molecule has 0 radical (unpaired) electrons. The highest BCUT2D eigenvalue weighted by atomic mass is 19.3. The van der Waals surface area contributed by atoms with E-state index in [0.717, 1.165) is 6.42 Å². The third-order valence-electron chi connectivity index (χ3n) is 5.52. The van der Waals surface area contributed by atoms with Gasteiger partial charge in [0.05, 0.1) is 0 Å². The molecule has 2 atom stereocenters. The predicted octanol–water partition coefficient (Wildman–Crippen LogP) is 3.10. The van der Waals surface area contributed by atoms with Gasteiger partial charge in [-0.05, 0) is 49.9 Å². The fourth-order valence-corrected chi connectivity index (χ4v) is 4.60. The molecule has 0 aromatic carbocycles. The molecule has 4 bridgehead atoms. The van der Waals surface area contributed by atoms with Gasteiger partial charge in [-0.2, -0.15) is 26.3 Å². The van der Waals surface area contributed by atoms with Crippen LogP contribution in [0.5, 0.6) is 0 Å². The first-order valence-corrected chi connectivity index (χ1v) is 7.44. The second-order valence-corrected chi connectivity index (χ2v) is 7.03. The Balaban J connectivity index is 1.83. The van der Waals surface area contributed by atoms with Crippen LogP contribution in [0.3, 0.4) is 0 Å². The Morgan fingerprint density at radius 2 is 1.42 bits per heavy atom. The highest BCUT2D eigenvalue weighted by Crippen LogP contribution is 2.62. The number of ether oxygens (including phenoxy) is 1. The first kappa shape index (κ1) is 17.3. The number of carbonyl (C=O) groups excluding carboxylic acids is 1. The van der Waals surface area contributed by atoms with Gasteiger partial charge in [0.25, 0.3) is 0 Å². The molecule has 24 heavy (non-hydrogen) atoms. The van der Waals surface area contributed by atoms with Crippen LogP contribution in [0.1, 0.15) is 32.1 Å². The highest BCUT2D eigenvalue weighted by molar-refractivity contribution is 5.84. The predicted molar refractivity (Wildman–Crippen MR) is 64.9 cm³/mol. The summed E-state index contributed by atoms with van der Waals surface area (Å²) in [5.74, 6) is -24.7. The van der Waals surface area contributed by atoms with Crippen LogP contribution in [0.15, 0.2) is 0 Å². The van der Waals surface area contributed by atoms with Crippen molar-refractivity contribution in [2.75, 3.05) is 0 Å². The number of hydrogen-bond acceptors (Lipinski definition) is 3. The van der Waals surface area contributed by atoms with Crippen molar-refractivity contribution in [2.24, 2.45) is 17.8 Å². The lowest BCUT2D eigenvalue weighted by Crippen LogP contribution is -2.62. The zero-order chi connectivity index (χ0) is 18.1. The lowest BCUT2D eigenvalue weighted by molar-refractivity contribution is -0.303. The van der Waals surface area contributed by atoms with E-state index in [1.54, 1.807) is 0 Å². The SMILES string of the molecule is O=C(O)C(F)(F)C(F)(F)C(F)(F)C(=O)OC12CC3CC(CC1C3)C2. The molecule has 4 fully saturated rings. The summed E-state index contributed by atoms with van der Waals surface area (Å²) in [5.41, 5.74) is -1.32. The van der Waals surface area contributed by atoms with Gasteiger partial charge in [0, 0.05) is 0 Å². The average molecular weight is 360 g/mol. The zero-order valence-corrected chi connectivity index (χ0v) is 12.2. The van der Waals surface area contributed by atoms with Crippen LogP contribution in [0.4, 0.5) is 26.3 Å². The number of carbonyl (C=O) groups is 2. The molecule has 2 unspecified atom stereocenters. The van der Waals surface area contributed by atoms with E-state index >= 15 is 0 Å². The maximum absolute atomic E-state index is 13.7. The smallest absolute Gasteiger partial charge is 0.411 e. The van der Waals surface area contributed by atoms with Crippen molar-refractivity contribution in [2.45, 2.75) is 55.5 Å². The topological polar surface area (TPSA) is 63.6 Å². The van der Waals surface area contributed by atoms with E-state index in [2.05, 4.69) is 4.74 Å². The highest BCUT2D eigenvalue weighted by Gasteiger charge is 2.79. The van der Waals surface area contributed by atoms with E-state index in [0.29, 0.717) is 12.8 Å². The van der Waals surface area contributed by atoms with E-state index in [1.807, 2.05) is 0 Å². The number of carboxylic acid groups (broad SMARTS) is 1. The summed E-state index contributed by atoms with van der Waals surface area (Å²) >= 11 is 0. The van der Waals surface area contributed by atoms with Crippen LogP contribution >= 0.6 is 0 Å². The van der Waals surface area contributed by atoms with Gasteiger partial charge < -0.3 is 9.84 Å². The zero-order valence-electron chi connectivity index (χ0n) is 12.2. The minimum atomic E-state index is -6.41. The van der Waals surface area contributed by atoms with Gasteiger partial charge in [-0.15, -0.1) is 0 Å². The van der Waals surface area contributed by atoms with Gasteiger partial charge in [-0.25, -0.2) is 9.59 Å². The number of alkyl halides is 6. The standard InChI is InChI=1S/C14H14F6O4/c15-12(16,9(21)22)14(19,20)13(17,18)10(23)24-11-4-6-1-7(5-11)3-8(11)2-6/h6-8H,1-5H2,(H,21,22). The largest absolute Gasteiger partial charge is 0.477 e. The van der Waals surface area contributed by atoms with Crippen LogP contribution in [0.2, 0.25) is 0 Å². The van der Waals surface area contributed by atoms with Crippen LogP contribution in [0.25, 0.3) is 0 Å². The summed E-state index contributed by atoms with van der Waals surface area (Å²) in [4.78, 5) is 21.8. The summed E-state index contributed by atoms with van der Waals surface area (Å²) < 4.78 is 84.8. The lowest BCUT2D eigenvalue weighted by atomic mass is 9.81. The summed E-state index contributed by atoms with van der Waals surface area (Å²) in [6.45, 7) is 0. The van der Waals surface area contributed by atoms with Crippen molar-refractivity contribution in [3.63, 3.8) is 0 Å². The number of carboxylic acids is 1. The molecule has 0 aromatic rings. The molecule has 0 aromatic heterocycles. The molecular weight excluding hydrogens is 346 g/mol. The third kappa shape index (κ3) is 2.07. The Hall–Kier alpha value is -1.48. The van der Waals surface area contributed by atoms with Gasteiger partial charge in [0.2, 0.25) is 0 Å². The molecule has 1 N–H and O–H groups in total. The minimum absolute atomic E-state index is 0.143. The molecule has 4 aliphatic rings. The van der Waals surface area contributed by atoms with Crippen molar-refractivity contribution in [1.29, 1.82) is 0 Å². The molecule has 0 heterocycles. The van der Waals surface area contributed by atoms with Crippen molar-refractivity contribution < 1.29 is 45.8 Å². The molecule has 4 nitrogen and oxygen atoms in total. The Morgan fingerprint density at radius 3 is 1.88 bits per heavy atom. The molecule has 0 saturated heterocycles. The molecule has 10 heteroatoms. The van der Waals surface area contributed by atoms with E-state index in [9.17, 15) is 35.9 Å². The van der Waals surface area contributed by atoms with E-state index < -0.39 is 35.3 Å². The van der Waals surface area contributed by atoms with Crippen molar-refractivity contribution in [3.8, 4) is 0 Å². The van der Waals surface area contributed by atoms with Crippen molar-refractivity contribution in [1.82, 2.24) is 0 Å². The van der Waals surface area contributed by atoms with Crippen molar-refractivity contribution in [3.05, 3.63) is 0 Å². The van der Waals surface area contributed by atoms with Gasteiger partial charge >= 0.3 is 29.7 Å². The minimum Gasteiger partial charge on any atom is -0.477 e. The fraction of sp³-hybridized carbons (Fsp3) is 0.857. The number of halogens is 6. The Bertz CT molecular complexity index is 576. The average Bonchev–Trinajstić information content (AvgIpc) is 2.82. The Kier molecular flexibility index (Phi) is 3.46. The molecule has 4 aliphatic carbocycles.